The van der Waals surface area contributed by atoms with Crippen molar-refractivity contribution in [1.29, 1.82) is 0 Å². The summed E-state index contributed by atoms with van der Waals surface area (Å²) in [5, 5.41) is 0. The molecule has 0 N–H and O–H groups in total. The molecule has 5 rings (SSSR count). The van der Waals surface area contributed by atoms with E-state index in [1.165, 1.54) is 50.5 Å². The standard InChI is InChI=1S/C20H28O2/c1-19-8-6-16-15-5-3-14(21)12-13(15)2-4-17(16)18(19)7-9-20(19)10-11-22-20/h12,15-18H,2-11H2,1H3/t15?,16?,17?,18?,19-,20+/m0/s1. The number of hydrogen-bond acceptors (Lipinski definition) is 2. The van der Waals surface area contributed by atoms with E-state index in [1.807, 2.05) is 6.08 Å². The van der Waals surface area contributed by atoms with Crippen LogP contribution in [0.25, 0.3) is 0 Å². The van der Waals surface area contributed by atoms with Gasteiger partial charge >= 0.3 is 0 Å². The van der Waals surface area contributed by atoms with Crippen LogP contribution in [-0.4, -0.2) is 18.0 Å². The Hall–Kier alpha value is -0.630. The summed E-state index contributed by atoms with van der Waals surface area (Å²) in [7, 11) is 0. The van der Waals surface area contributed by atoms with Gasteiger partial charge in [-0.3, -0.25) is 4.79 Å². The predicted molar refractivity (Wildman–Crippen MR) is 85.4 cm³/mol. The Balaban J connectivity index is 1.46. The molecule has 1 saturated heterocycles. The van der Waals surface area contributed by atoms with Gasteiger partial charge < -0.3 is 4.74 Å². The van der Waals surface area contributed by atoms with Gasteiger partial charge in [0.25, 0.3) is 0 Å². The third-order valence-corrected chi connectivity index (χ3v) is 8.47. The molecule has 2 heteroatoms. The Morgan fingerprint density at radius 2 is 1.91 bits per heavy atom. The smallest absolute Gasteiger partial charge is 0.155 e. The molecule has 22 heavy (non-hydrogen) atoms. The first-order chi connectivity index (χ1) is 10.6. The van der Waals surface area contributed by atoms with Crippen LogP contribution in [0.2, 0.25) is 0 Å². The molecule has 0 amide bonds. The van der Waals surface area contributed by atoms with Crippen molar-refractivity contribution >= 4 is 5.78 Å². The molecular weight excluding hydrogens is 272 g/mol. The normalized spacial score (nSPS) is 53.3. The van der Waals surface area contributed by atoms with E-state index >= 15 is 0 Å². The van der Waals surface area contributed by atoms with Gasteiger partial charge in [0.15, 0.2) is 5.78 Å². The number of hydrogen-bond donors (Lipinski definition) is 0. The predicted octanol–water partition coefficient (Wildman–Crippen LogP) is 4.29. The lowest BCUT2D eigenvalue weighted by atomic mass is 9.50. The average molecular weight is 300 g/mol. The van der Waals surface area contributed by atoms with Crippen LogP contribution in [0.4, 0.5) is 0 Å². The summed E-state index contributed by atoms with van der Waals surface area (Å²) in [5.41, 5.74) is 2.20. The molecule has 0 aromatic rings. The molecule has 1 aliphatic heterocycles. The zero-order chi connectivity index (χ0) is 14.9. The average Bonchev–Trinajstić information content (AvgIpc) is 2.79. The number of carbonyl (C=O) groups is 1. The molecule has 2 nitrogen and oxygen atoms in total. The first-order valence-corrected chi connectivity index (χ1v) is 9.50. The minimum atomic E-state index is 0.251. The maximum atomic E-state index is 11.8. The Morgan fingerprint density at radius 1 is 1.05 bits per heavy atom. The molecule has 0 bridgehead atoms. The summed E-state index contributed by atoms with van der Waals surface area (Å²) >= 11 is 0. The summed E-state index contributed by atoms with van der Waals surface area (Å²) in [6.45, 7) is 3.55. The van der Waals surface area contributed by atoms with E-state index in [0.29, 0.717) is 11.2 Å². The van der Waals surface area contributed by atoms with Gasteiger partial charge in [-0.1, -0.05) is 12.5 Å². The zero-order valence-electron chi connectivity index (χ0n) is 13.8. The van der Waals surface area contributed by atoms with Gasteiger partial charge in [-0.25, -0.2) is 0 Å². The first kappa shape index (κ1) is 13.8. The van der Waals surface area contributed by atoms with Gasteiger partial charge in [0, 0.05) is 12.8 Å². The van der Waals surface area contributed by atoms with Gasteiger partial charge in [0.2, 0.25) is 0 Å². The highest BCUT2D eigenvalue weighted by molar-refractivity contribution is 5.91. The summed E-state index contributed by atoms with van der Waals surface area (Å²) in [6, 6.07) is 0. The molecule has 4 aliphatic carbocycles. The van der Waals surface area contributed by atoms with E-state index in [4.69, 9.17) is 4.74 Å². The Labute approximate surface area is 133 Å². The molecule has 4 unspecified atom stereocenters. The van der Waals surface area contributed by atoms with Crippen LogP contribution in [0, 0.1) is 29.1 Å². The van der Waals surface area contributed by atoms with Crippen molar-refractivity contribution in [2.45, 2.75) is 70.3 Å². The molecule has 5 aliphatic rings. The van der Waals surface area contributed by atoms with Crippen LogP contribution in [0.1, 0.15) is 64.7 Å². The number of fused-ring (bicyclic) bond motifs is 6. The molecule has 6 atom stereocenters. The fourth-order valence-electron chi connectivity index (χ4n) is 7.27. The molecule has 4 fully saturated rings. The SMILES string of the molecule is C[C@]12CCC3C4CCC(=O)C=C4CCC3C1CC[C@@]21CCO1. The van der Waals surface area contributed by atoms with Crippen LogP contribution in [0.3, 0.4) is 0 Å². The van der Waals surface area contributed by atoms with Crippen LogP contribution in [0.5, 0.6) is 0 Å². The van der Waals surface area contributed by atoms with Crippen molar-refractivity contribution in [3.8, 4) is 0 Å². The number of rotatable bonds is 0. The third kappa shape index (κ3) is 1.58. The van der Waals surface area contributed by atoms with Crippen molar-refractivity contribution in [1.82, 2.24) is 0 Å². The Kier molecular flexibility index (Phi) is 2.80. The molecular formula is C20H28O2. The topological polar surface area (TPSA) is 26.3 Å². The number of allylic oxidation sites excluding steroid dienone is 1. The lowest BCUT2D eigenvalue weighted by molar-refractivity contribution is -0.224. The number of carbonyl (C=O) groups excluding carboxylic acids is 1. The lowest BCUT2D eigenvalue weighted by Crippen LogP contribution is -2.58. The summed E-state index contributed by atoms with van der Waals surface area (Å²) in [6.07, 6.45) is 13.2. The van der Waals surface area contributed by atoms with Gasteiger partial charge in [0.05, 0.1) is 12.2 Å². The second kappa shape index (κ2) is 4.47. The Morgan fingerprint density at radius 3 is 2.68 bits per heavy atom. The minimum absolute atomic E-state index is 0.251. The fourth-order valence-corrected chi connectivity index (χ4v) is 7.27. The Bertz CT molecular complexity index is 544. The van der Waals surface area contributed by atoms with Gasteiger partial charge in [-0.05, 0) is 80.1 Å². The zero-order valence-corrected chi connectivity index (χ0v) is 13.8. The third-order valence-electron chi connectivity index (χ3n) is 8.47. The molecule has 3 saturated carbocycles. The molecule has 120 valence electrons. The highest BCUT2D eigenvalue weighted by Gasteiger charge is 2.65. The van der Waals surface area contributed by atoms with E-state index in [-0.39, 0.29) is 5.60 Å². The fraction of sp³-hybridized carbons (Fsp3) is 0.850. The van der Waals surface area contributed by atoms with Crippen molar-refractivity contribution in [2.24, 2.45) is 29.1 Å². The summed E-state index contributed by atoms with van der Waals surface area (Å²) in [4.78, 5) is 11.8. The number of ether oxygens (including phenoxy) is 1. The molecule has 0 aromatic carbocycles. The van der Waals surface area contributed by atoms with Crippen LogP contribution in [0.15, 0.2) is 11.6 Å². The van der Waals surface area contributed by atoms with Gasteiger partial charge in [-0.15, -0.1) is 0 Å². The first-order valence-electron chi connectivity index (χ1n) is 9.50. The monoisotopic (exact) mass is 300 g/mol. The van der Waals surface area contributed by atoms with E-state index in [0.717, 1.165) is 43.1 Å². The van der Waals surface area contributed by atoms with Gasteiger partial charge in [-0.2, -0.15) is 0 Å². The molecule has 1 spiro atoms. The van der Waals surface area contributed by atoms with E-state index < -0.39 is 0 Å². The minimum Gasteiger partial charge on any atom is -0.374 e. The molecule has 0 aromatic heterocycles. The number of ketones is 1. The highest BCUT2D eigenvalue weighted by atomic mass is 16.5. The van der Waals surface area contributed by atoms with Crippen LogP contribution >= 0.6 is 0 Å². The second-order valence-corrected chi connectivity index (χ2v) is 8.89. The molecule has 0 radical (unpaired) electrons. The maximum Gasteiger partial charge on any atom is 0.155 e. The van der Waals surface area contributed by atoms with E-state index in [2.05, 4.69) is 6.92 Å². The maximum absolute atomic E-state index is 11.8. The van der Waals surface area contributed by atoms with E-state index in [1.54, 1.807) is 0 Å². The molecule has 1 heterocycles. The van der Waals surface area contributed by atoms with Crippen molar-refractivity contribution < 1.29 is 9.53 Å². The summed E-state index contributed by atoms with van der Waals surface area (Å²) < 4.78 is 6.20. The van der Waals surface area contributed by atoms with Crippen molar-refractivity contribution in [2.75, 3.05) is 6.61 Å². The van der Waals surface area contributed by atoms with Crippen LogP contribution < -0.4 is 0 Å². The van der Waals surface area contributed by atoms with E-state index in [9.17, 15) is 4.79 Å². The van der Waals surface area contributed by atoms with Crippen molar-refractivity contribution in [3.05, 3.63) is 11.6 Å². The largest absolute Gasteiger partial charge is 0.374 e. The quantitative estimate of drug-likeness (QED) is 0.667. The summed E-state index contributed by atoms with van der Waals surface area (Å²) in [5.74, 6) is 3.76. The lowest BCUT2D eigenvalue weighted by Gasteiger charge is -2.59. The second-order valence-electron chi connectivity index (χ2n) is 8.89. The van der Waals surface area contributed by atoms with Gasteiger partial charge in [0.1, 0.15) is 0 Å². The van der Waals surface area contributed by atoms with Crippen molar-refractivity contribution in [3.63, 3.8) is 0 Å². The highest BCUT2D eigenvalue weighted by Crippen LogP contribution is 2.68. The van der Waals surface area contributed by atoms with Crippen LogP contribution in [-0.2, 0) is 9.53 Å².